The zero-order valence-electron chi connectivity index (χ0n) is 14.0. The number of likely N-dealkylation sites (tertiary alicyclic amines) is 1. The van der Waals surface area contributed by atoms with E-state index in [1.165, 1.54) is 0 Å². The third-order valence-corrected chi connectivity index (χ3v) is 3.94. The van der Waals surface area contributed by atoms with Crippen LogP contribution in [0.4, 0.5) is 0 Å². The van der Waals surface area contributed by atoms with E-state index in [1.807, 2.05) is 0 Å². The Labute approximate surface area is 124 Å². The summed E-state index contributed by atoms with van der Waals surface area (Å²) < 4.78 is 0. The summed E-state index contributed by atoms with van der Waals surface area (Å²) in [5, 5.41) is 6.53. The van der Waals surface area contributed by atoms with Crippen molar-refractivity contribution in [1.29, 1.82) is 0 Å². The van der Waals surface area contributed by atoms with Crippen molar-refractivity contribution in [1.82, 2.24) is 15.5 Å². The van der Waals surface area contributed by atoms with Crippen LogP contribution in [0, 0.1) is 0 Å². The quantitative estimate of drug-likeness (QED) is 0.734. The third-order valence-electron chi connectivity index (χ3n) is 3.94. The Kier molecular flexibility index (Phi) is 6.96. The molecular formula is C16H33N3O. The van der Waals surface area contributed by atoms with Gasteiger partial charge in [-0.25, -0.2) is 0 Å². The topological polar surface area (TPSA) is 44.4 Å². The van der Waals surface area contributed by atoms with Crippen molar-refractivity contribution < 1.29 is 4.79 Å². The fraction of sp³-hybridized carbons (Fsp3) is 0.938. The van der Waals surface area contributed by atoms with Crippen molar-refractivity contribution in [3.63, 3.8) is 0 Å². The van der Waals surface area contributed by atoms with Crippen molar-refractivity contribution in [3.8, 4) is 0 Å². The molecule has 1 rings (SSSR count). The number of nitrogens with zero attached hydrogens (tertiary/aromatic N) is 1. The van der Waals surface area contributed by atoms with E-state index in [2.05, 4.69) is 50.2 Å². The van der Waals surface area contributed by atoms with Crippen LogP contribution in [-0.2, 0) is 4.79 Å². The zero-order chi connectivity index (χ0) is 15.2. The molecule has 0 saturated carbocycles. The average molecular weight is 283 g/mol. The summed E-state index contributed by atoms with van der Waals surface area (Å²) in [6.07, 6.45) is 3.71. The molecule has 0 aromatic heterocycles. The van der Waals surface area contributed by atoms with Gasteiger partial charge in [-0.15, -0.1) is 0 Å². The number of nitrogens with one attached hydrogen (secondary N) is 2. The summed E-state index contributed by atoms with van der Waals surface area (Å²) in [7, 11) is 0. The van der Waals surface area contributed by atoms with E-state index in [0.29, 0.717) is 18.5 Å². The maximum Gasteiger partial charge on any atom is 0.220 e. The third kappa shape index (κ3) is 6.71. The van der Waals surface area contributed by atoms with E-state index in [9.17, 15) is 4.79 Å². The minimum atomic E-state index is 0.213. The molecule has 0 radical (unpaired) electrons. The number of carbonyl (C=O) groups excluding carboxylic acids is 1. The first-order chi connectivity index (χ1) is 9.29. The van der Waals surface area contributed by atoms with Gasteiger partial charge in [-0.2, -0.15) is 0 Å². The number of carbonyl (C=O) groups is 1. The molecule has 0 aliphatic carbocycles. The van der Waals surface area contributed by atoms with Crippen LogP contribution in [0.2, 0.25) is 0 Å². The highest BCUT2D eigenvalue weighted by Gasteiger charge is 2.27. The van der Waals surface area contributed by atoms with Crippen LogP contribution in [0.3, 0.4) is 0 Å². The lowest BCUT2D eigenvalue weighted by Gasteiger charge is -2.41. The van der Waals surface area contributed by atoms with Crippen molar-refractivity contribution >= 4 is 5.91 Å². The van der Waals surface area contributed by atoms with Gasteiger partial charge in [0.15, 0.2) is 0 Å². The highest BCUT2D eigenvalue weighted by molar-refractivity contribution is 5.76. The van der Waals surface area contributed by atoms with E-state index in [0.717, 1.165) is 38.9 Å². The standard InChI is InChI=1S/C16H33N3O/c1-13(2)17-10-6-7-15(20)18-14-8-11-19(12-9-14)16(3,4)5/h13-14,17H,6-12H2,1-5H3,(H,18,20). The van der Waals surface area contributed by atoms with Gasteiger partial charge in [0.05, 0.1) is 0 Å². The van der Waals surface area contributed by atoms with Crippen LogP contribution in [-0.4, -0.2) is 48.1 Å². The minimum Gasteiger partial charge on any atom is -0.353 e. The number of piperidine rings is 1. The Bertz CT molecular complexity index is 289. The van der Waals surface area contributed by atoms with Gasteiger partial charge in [-0.3, -0.25) is 9.69 Å². The second kappa shape index (κ2) is 7.99. The van der Waals surface area contributed by atoms with Gasteiger partial charge in [0.2, 0.25) is 5.91 Å². The molecule has 0 unspecified atom stereocenters. The molecule has 0 aromatic carbocycles. The number of amides is 1. The van der Waals surface area contributed by atoms with Crippen LogP contribution >= 0.6 is 0 Å². The van der Waals surface area contributed by atoms with E-state index < -0.39 is 0 Å². The SMILES string of the molecule is CC(C)NCCCC(=O)NC1CCN(C(C)(C)C)CC1. The highest BCUT2D eigenvalue weighted by Crippen LogP contribution is 2.20. The molecule has 0 aromatic rings. The van der Waals surface area contributed by atoms with Gasteiger partial charge in [0, 0.05) is 37.1 Å². The van der Waals surface area contributed by atoms with Crippen molar-refractivity contribution in [3.05, 3.63) is 0 Å². The molecule has 0 spiro atoms. The Morgan fingerprint density at radius 1 is 1.25 bits per heavy atom. The van der Waals surface area contributed by atoms with Crippen LogP contribution in [0.15, 0.2) is 0 Å². The summed E-state index contributed by atoms with van der Waals surface area (Å²) in [4.78, 5) is 14.4. The second-order valence-corrected chi connectivity index (χ2v) is 7.21. The van der Waals surface area contributed by atoms with E-state index >= 15 is 0 Å². The van der Waals surface area contributed by atoms with Gasteiger partial charge in [-0.1, -0.05) is 13.8 Å². The first kappa shape index (κ1) is 17.4. The van der Waals surface area contributed by atoms with Gasteiger partial charge in [0.25, 0.3) is 0 Å². The summed E-state index contributed by atoms with van der Waals surface area (Å²) in [5.74, 6) is 0.213. The van der Waals surface area contributed by atoms with E-state index in [1.54, 1.807) is 0 Å². The Morgan fingerprint density at radius 3 is 2.35 bits per heavy atom. The Hall–Kier alpha value is -0.610. The van der Waals surface area contributed by atoms with Gasteiger partial charge < -0.3 is 10.6 Å². The smallest absolute Gasteiger partial charge is 0.220 e. The summed E-state index contributed by atoms with van der Waals surface area (Å²) >= 11 is 0. The zero-order valence-corrected chi connectivity index (χ0v) is 14.0. The minimum absolute atomic E-state index is 0.213. The molecule has 1 heterocycles. The van der Waals surface area contributed by atoms with Crippen LogP contribution in [0.25, 0.3) is 0 Å². The fourth-order valence-corrected chi connectivity index (χ4v) is 2.63. The molecule has 1 aliphatic heterocycles. The van der Waals surface area contributed by atoms with Gasteiger partial charge in [0.1, 0.15) is 0 Å². The monoisotopic (exact) mass is 283 g/mol. The lowest BCUT2D eigenvalue weighted by atomic mass is 9.98. The average Bonchev–Trinajstić information content (AvgIpc) is 2.34. The molecule has 4 heteroatoms. The molecular weight excluding hydrogens is 250 g/mol. The molecule has 4 nitrogen and oxygen atoms in total. The maximum atomic E-state index is 11.9. The first-order valence-corrected chi connectivity index (χ1v) is 8.07. The second-order valence-electron chi connectivity index (χ2n) is 7.21. The van der Waals surface area contributed by atoms with Gasteiger partial charge in [-0.05, 0) is 46.6 Å². The van der Waals surface area contributed by atoms with Crippen LogP contribution < -0.4 is 10.6 Å². The summed E-state index contributed by atoms with van der Waals surface area (Å²) in [6.45, 7) is 14.1. The lowest BCUT2D eigenvalue weighted by Crippen LogP contribution is -2.50. The number of rotatable bonds is 6. The lowest BCUT2D eigenvalue weighted by molar-refractivity contribution is -0.122. The van der Waals surface area contributed by atoms with Crippen molar-refractivity contribution in [2.45, 2.75) is 77.9 Å². The number of hydrogen-bond acceptors (Lipinski definition) is 3. The Balaban J connectivity index is 2.15. The molecule has 118 valence electrons. The molecule has 2 N–H and O–H groups in total. The molecule has 1 amide bonds. The Morgan fingerprint density at radius 2 is 1.85 bits per heavy atom. The predicted octanol–water partition coefficient (Wildman–Crippen LogP) is 2.14. The van der Waals surface area contributed by atoms with Crippen molar-refractivity contribution in [2.75, 3.05) is 19.6 Å². The summed E-state index contributed by atoms with van der Waals surface area (Å²) in [5.41, 5.74) is 0.248. The van der Waals surface area contributed by atoms with Crippen LogP contribution in [0.1, 0.15) is 60.3 Å². The molecule has 1 fully saturated rings. The first-order valence-electron chi connectivity index (χ1n) is 8.07. The largest absolute Gasteiger partial charge is 0.353 e. The van der Waals surface area contributed by atoms with Crippen LogP contribution in [0.5, 0.6) is 0 Å². The van der Waals surface area contributed by atoms with E-state index in [-0.39, 0.29) is 11.4 Å². The highest BCUT2D eigenvalue weighted by atomic mass is 16.1. The number of hydrogen-bond donors (Lipinski definition) is 2. The molecule has 20 heavy (non-hydrogen) atoms. The van der Waals surface area contributed by atoms with E-state index in [4.69, 9.17) is 0 Å². The maximum absolute atomic E-state index is 11.9. The molecule has 1 aliphatic rings. The fourth-order valence-electron chi connectivity index (χ4n) is 2.63. The molecule has 0 atom stereocenters. The van der Waals surface area contributed by atoms with Gasteiger partial charge >= 0.3 is 0 Å². The van der Waals surface area contributed by atoms with Crippen molar-refractivity contribution in [2.24, 2.45) is 0 Å². The molecule has 0 bridgehead atoms. The predicted molar refractivity (Wildman–Crippen MR) is 84.9 cm³/mol. The molecule has 1 saturated heterocycles. The summed E-state index contributed by atoms with van der Waals surface area (Å²) in [6, 6.07) is 0.874. The normalized spacial score (nSPS) is 18.5.